The highest BCUT2D eigenvalue weighted by atomic mass is 32.1. The van der Waals surface area contributed by atoms with E-state index in [2.05, 4.69) is 20.3 Å². The van der Waals surface area contributed by atoms with E-state index >= 15 is 0 Å². The zero-order valence-electron chi connectivity index (χ0n) is 10.9. The van der Waals surface area contributed by atoms with E-state index in [4.69, 9.17) is 5.53 Å². The summed E-state index contributed by atoms with van der Waals surface area (Å²) >= 11 is 3.09. The molecule has 20 heavy (non-hydrogen) atoms. The van der Waals surface area contributed by atoms with Crippen molar-refractivity contribution in [1.82, 2.24) is 4.98 Å². The van der Waals surface area contributed by atoms with Crippen molar-refractivity contribution in [2.75, 3.05) is 5.32 Å². The van der Waals surface area contributed by atoms with Gasteiger partial charge in [0.2, 0.25) is 5.91 Å². The summed E-state index contributed by atoms with van der Waals surface area (Å²) in [6, 6.07) is 4.03. The van der Waals surface area contributed by atoms with E-state index < -0.39 is 0 Å². The molecule has 0 unspecified atom stereocenters. The molecule has 0 saturated carbocycles. The Hall–Kier alpha value is -1.89. The molecule has 0 aliphatic carbocycles. The second-order valence-corrected chi connectivity index (χ2v) is 6.19. The summed E-state index contributed by atoms with van der Waals surface area (Å²) in [5, 5.41) is 8.82. The first-order chi connectivity index (χ1) is 9.67. The molecule has 104 valence electrons. The number of thiazole rings is 1. The molecule has 0 bridgehead atoms. The van der Waals surface area contributed by atoms with Gasteiger partial charge in [-0.25, -0.2) is 4.98 Å². The molecule has 0 radical (unpaired) electrons. The Balaban J connectivity index is 1.88. The number of rotatable bonds is 6. The molecule has 0 saturated heterocycles. The van der Waals surface area contributed by atoms with Crippen LogP contribution in [0.2, 0.25) is 0 Å². The van der Waals surface area contributed by atoms with E-state index in [1.54, 1.807) is 11.3 Å². The first-order valence-electron chi connectivity index (χ1n) is 5.98. The van der Waals surface area contributed by atoms with Gasteiger partial charge in [-0.3, -0.25) is 4.79 Å². The Morgan fingerprint density at radius 1 is 1.45 bits per heavy atom. The van der Waals surface area contributed by atoms with E-state index in [1.165, 1.54) is 23.1 Å². The van der Waals surface area contributed by atoms with Gasteiger partial charge in [-0.15, -0.1) is 22.7 Å². The number of amides is 1. The maximum absolute atomic E-state index is 10.9. The second kappa shape index (κ2) is 7.04. The SMILES string of the molecule is CC(=O)Nc1nc(CCc2ccc(CN=[N+]=[N-])s2)cs1. The van der Waals surface area contributed by atoms with Crippen LogP contribution in [0.4, 0.5) is 5.13 Å². The number of carbonyl (C=O) groups excluding carboxylic acids is 1. The van der Waals surface area contributed by atoms with Crippen LogP contribution in [-0.4, -0.2) is 10.9 Å². The Morgan fingerprint density at radius 2 is 2.25 bits per heavy atom. The van der Waals surface area contributed by atoms with Crippen LogP contribution in [0.25, 0.3) is 10.4 Å². The number of carbonyl (C=O) groups is 1. The average molecular weight is 307 g/mol. The minimum absolute atomic E-state index is 0.105. The molecule has 6 nitrogen and oxygen atoms in total. The Labute approximate surface area is 124 Å². The quantitative estimate of drug-likeness (QED) is 0.500. The lowest BCUT2D eigenvalue weighted by Gasteiger charge is -1.95. The third-order valence-electron chi connectivity index (χ3n) is 2.47. The summed E-state index contributed by atoms with van der Waals surface area (Å²) in [6.07, 6.45) is 1.72. The fourth-order valence-corrected chi connectivity index (χ4v) is 3.35. The number of hydrogen-bond acceptors (Lipinski definition) is 5. The summed E-state index contributed by atoms with van der Waals surface area (Å²) in [7, 11) is 0. The van der Waals surface area contributed by atoms with Crippen LogP contribution in [-0.2, 0) is 24.2 Å². The minimum Gasteiger partial charge on any atom is -0.302 e. The van der Waals surface area contributed by atoms with Crippen molar-refractivity contribution in [3.63, 3.8) is 0 Å². The highest BCUT2D eigenvalue weighted by Crippen LogP contribution is 2.21. The summed E-state index contributed by atoms with van der Waals surface area (Å²) in [4.78, 5) is 20.3. The Kier molecular flexibility index (Phi) is 5.11. The Morgan fingerprint density at radius 3 is 3.00 bits per heavy atom. The number of aromatic nitrogens is 1. The molecule has 0 aromatic carbocycles. The minimum atomic E-state index is -0.105. The van der Waals surface area contributed by atoms with Crippen molar-refractivity contribution in [3.8, 4) is 0 Å². The molecule has 8 heteroatoms. The van der Waals surface area contributed by atoms with Crippen LogP contribution >= 0.6 is 22.7 Å². The zero-order chi connectivity index (χ0) is 14.4. The van der Waals surface area contributed by atoms with E-state index in [9.17, 15) is 4.79 Å². The molecule has 2 rings (SSSR count). The van der Waals surface area contributed by atoms with Crippen LogP contribution in [0.15, 0.2) is 22.6 Å². The number of nitrogens with zero attached hydrogens (tertiary/aromatic N) is 4. The lowest BCUT2D eigenvalue weighted by Crippen LogP contribution is -2.05. The summed E-state index contributed by atoms with van der Waals surface area (Å²) in [5.41, 5.74) is 9.25. The zero-order valence-corrected chi connectivity index (χ0v) is 12.5. The van der Waals surface area contributed by atoms with Gasteiger partial charge in [-0.05, 0) is 30.5 Å². The number of aryl methyl sites for hydroxylation is 2. The largest absolute Gasteiger partial charge is 0.302 e. The topological polar surface area (TPSA) is 90.8 Å². The number of hydrogen-bond donors (Lipinski definition) is 1. The molecule has 0 fully saturated rings. The van der Waals surface area contributed by atoms with E-state index in [-0.39, 0.29) is 5.91 Å². The Bertz CT molecular complexity index is 600. The maximum atomic E-state index is 10.9. The third-order valence-corrected chi connectivity index (χ3v) is 4.41. The van der Waals surface area contributed by atoms with Gasteiger partial charge < -0.3 is 5.32 Å². The predicted octanol–water partition coefficient (Wildman–Crippen LogP) is 3.76. The van der Waals surface area contributed by atoms with Crippen molar-refractivity contribution in [1.29, 1.82) is 0 Å². The first-order valence-corrected chi connectivity index (χ1v) is 7.67. The van der Waals surface area contributed by atoms with Crippen molar-refractivity contribution in [2.24, 2.45) is 5.11 Å². The molecular weight excluding hydrogens is 294 g/mol. The second-order valence-electron chi connectivity index (χ2n) is 4.08. The highest BCUT2D eigenvalue weighted by molar-refractivity contribution is 7.14. The molecule has 0 aliphatic rings. The van der Waals surface area contributed by atoms with Gasteiger partial charge in [0.05, 0.1) is 12.2 Å². The van der Waals surface area contributed by atoms with Crippen molar-refractivity contribution in [2.45, 2.75) is 26.3 Å². The summed E-state index contributed by atoms with van der Waals surface area (Å²) in [5.74, 6) is -0.105. The van der Waals surface area contributed by atoms with Gasteiger partial charge in [0.15, 0.2) is 5.13 Å². The normalized spacial score (nSPS) is 10.1. The maximum Gasteiger partial charge on any atom is 0.223 e. The number of thiophene rings is 1. The molecular formula is C12H13N5OS2. The van der Waals surface area contributed by atoms with Crippen LogP contribution in [0.3, 0.4) is 0 Å². The van der Waals surface area contributed by atoms with Gasteiger partial charge in [0.25, 0.3) is 0 Å². The van der Waals surface area contributed by atoms with E-state index in [0.29, 0.717) is 11.7 Å². The van der Waals surface area contributed by atoms with E-state index in [0.717, 1.165) is 23.4 Å². The van der Waals surface area contributed by atoms with Crippen LogP contribution in [0.5, 0.6) is 0 Å². The molecule has 0 spiro atoms. The van der Waals surface area contributed by atoms with Gasteiger partial charge in [0, 0.05) is 27.0 Å². The van der Waals surface area contributed by atoms with Gasteiger partial charge >= 0.3 is 0 Å². The lowest BCUT2D eigenvalue weighted by molar-refractivity contribution is -0.114. The number of azide groups is 1. The van der Waals surface area contributed by atoms with Gasteiger partial charge in [-0.2, -0.15) is 0 Å². The average Bonchev–Trinajstić information content (AvgIpc) is 3.02. The fourth-order valence-electron chi connectivity index (χ4n) is 1.62. The summed E-state index contributed by atoms with van der Waals surface area (Å²) < 4.78 is 0. The molecule has 1 N–H and O–H groups in total. The van der Waals surface area contributed by atoms with E-state index in [1.807, 2.05) is 17.5 Å². The molecule has 2 aromatic heterocycles. The van der Waals surface area contributed by atoms with Gasteiger partial charge in [0.1, 0.15) is 0 Å². The molecule has 1 amide bonds. The monoisotopic (exact) mass is 307 g/mol. The van der Waals surface area contributed by atoms with Gasteiger partial charge in [-0.1, -0.05) is 5.11 Å². The van der Waals surface area contributed by atoms with Crippen LogP contribution in [0, 0.1) is 0 Å². The lowest BCUT2D eigenvalue weighted by atomic mass is 10.2. The molecule has 2 aromatic rings. The third kappa shape index (κ3) is 4.34. The molecule has 0 aliphatic heterocycles. The van der Waals surface area contributed by atoms with Crippen molar-refractivity contribution < 1.29 is 4.79 Å². The number of nitrogens with one attached hydrogen (secondary N) is 1. The summed E-state index contributed by atoms with van der Waals surface area (Å²) in [6.45, 7) is 1.88. The fraction of sp³-hybridized carbons (Fsp3) is 0.333. The molecule has 2 heterocycles. The van der Waals surface area contributed by atoms with Crippen molar-refractivity contribution >= 4 is 33.7 Å². The van der Waals surface area contributed by atoms with Crippen LogP contribution in [0.1, 0.15) is 22.4 Å². The molecule has 0 atom stereocenters. The first kappa shape index (κ1) is 14.5. The highest BCUT2D eigenvalue weighted by Gasteiger charge is 2.05. The smallest absolute Gasteiger partial charge is 0.223 e. The number of anilines is 1. The predicted molar refractivity (Wildman–Crippen MR) is 81.0 cm³/mol. The standard InChI is InChI=1S/C12H13N5OS2/c1-8(18)15-12-16-9(7-19-12)2-3-10-4-5-11(20-10)6-14-17-13/h4-5,7H,2-3,6H2,1H3,(H,15,16,18). The van der Waals surface area contributed by atoms with Crippen LogP contribution < -0.4 is 5.32 Å². The van der Waals surface area contributed by atoms with Crippen molar-refractivity contribution in [3.05, 3.63) is 43.4 Å².